The van der Waals surface area contributed by atoms with Crippen LogP contribution in [0.4, 0.5) is 4.79 Å². The van der Waals surface area contributed by atoms with Crippen molar-refractivity contribution in [2.75, 3.05) is 0 Å². The first-order valence-electron chi connectivity index (χ1n) is 1.43. The molecule has 0 saturated heterocycles. The molecular formula is C3N2O7. The van der Waals surface area contributed by atoms with Gasteiger partial charge in [-0.25, -0.2) is 0 Å². The third kappa shape index (κ3) is 91.4. The number of hydrogen-bond acceptors (Lipinski definition) is 7. The maximum Gasteiger partial charge on any atom is 1.00 e. The van der Waals surface area contributed by atoms with Crippen molar-refractivity contribution in [2.24, 2.45) is 0 Å². The van der Waals surface area contributed by atoms with Crippen LogP contribution in [0.2, 0.25) is 0 Å². The number of carbonyl (C=O) groups excluding carboxylic acids is 5. The van der Waals surface area contributed by atoms with Crippen LogP contribution < -0.4 is 22.5 Å². The predicted molar refractivity (Wildman–Crippen MR) is 19.7 cm³/mol. The highest BCUT2D eigenvalue weighted by atomic mass is 16.6. The maximum absolute atomic E-state index is 8.33. The SMILES string of the molecule is O=C([O-])[O-].O=C=O.O=C=O.[N+].[N+]. The van der Waals surface area contributed by atoms with Crippen molar-refractivity contribution in [2.45, 2.75) is 0 Å². The molecule has 0 aromatic carbocycles. The van der Waals surface area contributed by atoms with Crippen molar-refractivity contribution in [3.63, 3.8) is 0 Å². The minimum absolute atomic E-state index is 0. The Balaban J connectivity index is -0.0000000191. The van der Waals surface area contributed by atoms with Crippen molar-refractivity contribution in [1.29, 1.82) is 0 Å². The molecule has 8 radical (unpaired) electrons. The van der Waals surface area contributed by atoms with Gasteiger partial charge in [0.05, 0.1) is 0 Å². The second-order valence-corrected chi connectivity index (χ2v) is 0.417. The van der Waals surface area contributed by atoms with Crippen LogP contribution in [0.3, 0.4) is 0 Å². The van der Waals surface area contributed by atoms with Gasteiger partial charge in [0.2, 0.25) is 0 Å². The van der Waals surface area contributed by atoms with E-state index in [1.807, 2.05) is 0 Å². The molecule has 0 aliphatic carbocycles. The normalized spacial score (nSPS) is 3.33. The topological polar surface area (TPSA) is 192 Å². The van der Waals surface area contributed by atoms with E-state index in [0.717, 1.165) is 0 Å². The molecule has 64 valence electrons. The van der Waals surface area contributed by atoms with Gasteiger partial charge in [-0.05, 0) is 6.16 Å². The maximum atomic E-state index is 8.33. The molecule has 0 spiro atoms. The molecule has 0 aromatic heterocycles. The van der Waals surface area contributed by atoms with Crippen LogP contribution in [-0.2, 0) is 19.2 Å². The summed E-state index contributed by atoms with van der Waals surface area (Å²) >= 11 is 0. The Kier molecular flexibility index (Phi) is 176. The lowest BCUT2D eigenvalue weighted by molar-refractivity contribution is -0.415. The second-order valence-electron chi connectivity index (χ2n) is 0.417. The number of rotatable bonds is 0. The average Bonchev–Trinajstić information content (AvgIpc) is 1.65. The molecule has 0 unspecified atom stereocenters. The Morgan fingerprint density at radius 2 is 0.833 bits per heavy atom. The van der Waals surface area contributed by atoms with Crippen molar-refractivity contribution in [1.82, 2.24) is 12.3 Å². The monoisotopic (exact) mass is 176 g/mol. The zero-order valence-electron chi connectivity index (χ0n) is 5.25. The lowest BCUT2D eigenvalue weighted by Crippen LogP contribution is -2.37. The van der Waals surface area contributed by atoms with E-state index in [2.05, 4.69) is 0 Å². The van der Waals surface area contributed by atoms with E-state index in [1.165, 1.54) is 0 Å². The summed E-state index contributed by atoms with van der Waals surface area (Å²) in [4.78, 5) is 40.8. The molecule has 0 atom stereocenters. The molecule has 0 bridgehead atoms. The van der Waals surface area contributed by atoms with Gasteiger partial charge >= 0.3 is 24.6 Å². The molecule has 0 fully saturated rings. The Bertz CT molecular complexity index is 127. The van der Waals surface area contributed by atoms with E-state index in [4.69, 9.17) is 34.2 Å². The van der Waals surface area contributed by atoms with Crippen LogP contribution in [0.15, 0.2) is 0 Å². The molecule has 9 heteroatoms. The Labute approximate surface area is 66.1 Å². The van der Waals surface area contributed by atoms with E-state index in [0.29, 0.717) is 0 Å². The number of nitrogens with zero attached hydrogens (tertiary/aromatic N) is 2. The number of carbonyl (C=O) groups is 1. The van der Waals surface area contributed by atoms with Gasteiger partial charge in [-0.3, -0.25) is 0 Å². The Hall–Kier alpha value is -2.05. The fraction of sp³-hybridized carbons (Fsp3) is 0. The van der Waals surface area contributed by atoms with Gasteiger partial charge in [-0.1, -0.05) is 0 Å². The van der Waals surface area contributed by atoms with E-state index in [9.17, 15) is 0 Å². The lowest BCUT2D eigenvalue weighted by Gasteiger charge is -1.96. The first-order chi connectivity index (χ1) is 4.56. The summed E-state index contributed by atoms with van der Waals surface area (Å²) in [5.74, 6) is 0. The molecule has 0 N–H and O–H groups in total. The van der Waals surface area contributed by atoms with Gasteiger partial charge in [-0.15, -0.1) is 0 Å². The van der Waals surface area contributed by atoms with Crippen molar-refractivity contribution in [3.8, 4) is 0 Å². The van der Waals surface area contributed by atoms with Gasteiger partial charge in [-0.2, -0.15) is 19.2 Å². The fourth-order valence-corrected chi connectivity index (χ4v) is 0. The molecule has 0 amide bonds. The van der Waals surface area contributed by atoms with Crippen LogP contribution in [0.5, 0.6) is 0 Å². The van der Waals surface area contributed by atoms with E-state index < -0.39 is 6.16 Å². The highest BCUT2D eigenvalue weighted by Gasteiger charge is 1.26. The summed E-state index contributed by atoms with van der Waals surface area (Å²) in [6, 6.07) is 0. The lowest BCUT2D eigenvalue weighted by atomic mass is 11.5. The average molecular weight is 176 g/mol. The predicted octanol–water partition coefficient (Wildman–Crippen LogP) is -4.58. The third-order valence-corrected chi connectivity index (χ3v) is 0. The summed E-state index contributed by atoms with van der Waals surface area (Å²) < 4.78 is 0. The largest absolute Gasteiger partial charge is 1.00 e. The highest BCUT2D eigenvalue weighted by molar-refractivity contribution is 5.47. The van der Waals surface area contributed by atoms with Gasteiger partial charge in [0.15, 0.2) is 0 Å². The molecule has 0 saturated carbocycles. The van der Waals surface area contributed by atoms with Gasteiger partial charge in [0.25, 0.3) is 0 Å². The van der Waals surface area contributed by atoms with Crippen LogP contribution in [0.25, 0.3) is 0 Å². The minimum atomic E-state index is -2.33. The number of carboxylic acid groups (broad SMARTS) is 2. The van der Waals surface area contributed by atoms with E-state index in [-0.39, 0.29) is 24.6 Å². The molecule has 0 aliphatic rings. The summed E-state index contributed by atoms with van der Waals surface area (Å²) in [6.07, 6.45) is -1.83. The highest BCUT2D eigenvalue weighted by Crippen LogP contribution is 1.21. The Morgan fingerprint density at radius 1 is 0.833 bits per heavy atom. The molecule has 0 aliphatic heterocycles. The van der Waals surface area contributed by atoms with E-state index >= 15 is 0 Å². The first-order valence-corrected chi connectivity index (χ1v) is 1.43. The van der Waals surface area contributed by atoms with Gasteiger partial charge in [0.1, 0.15) is 0 Å². The van der Waals surface area contributed by atoms with E-state index in [1.54, 1.807) is 0 Å². The summed E-state index contributed by atoms with van der Waals surface area (Å²) in [5, 5.41) is 16.7. The molecule has 9 nitrogen and oxygen atoms in total. The zero-order chi connectivity index (χ0) is 8.99. The van der Waals surface area contributed by atoms with Crippen molar-refractivity contribution in [3.05, 3.63) is 0 Å². The van der Waals surface area contributed by atoms with Crippen molar-refractivity contribution < 1.29 is 34.2 Å². The molecule has 0 rings (SSSR count). The molecule has 0 heterocycles. The van der Waals surface area contributed by atoms with Crippen LogP contribution >= 0.6 is 0 Å². The second kappa shape index (κ2) is 65.0. The first kappa shape index (κ1) is 32.5. The summed E-state index contributed by atoms with van der Waals surface area (Å²) in [5.41, 5.74) is 0. The minimum Gasteiger partial charge on any atom is -0.652 e. The van der Waals surface area contributed by atoms with Crippen LogP contribution in [-0.4, -0.2) is 18.5 Å². The van der Waals surface area contributed by atoms with Crippen LogP contribution in [0.1, 0.15) is 0 Å². The standard InChI is InChI=1S/CH2O3.2CO2.2N/c2-1(3)4;2*2-1-3;;/h(H2,2,3,4);;;;/q;;;2*+1/p-2. The summed E-state index contributed by atoms with van der Waals surface area (Å²) in [6.45, 7) is 0. The Morgan fingerprint density at radius 3 is 0.833 bits per heavy atom. The van der Waals surface area contributed by atoms with Crippen molar-refractivity contribution >= 4 is 18.5 Å². The van der Waals surface area contributed by atoms with Gasteiger partial charge in [0, 0.05) is 0 Å². The molecular weight excluding hydrogens is 176 g/mol. The molecule has 0 aromatic rings. The third-order valence-electron chi connectivity index (χ3n) is 0. The number of hydrogen-bond donors (Lipinski definition) is 0. The fourth-order valence-electron chi connectivity index (χ4n) is 0. The van der Waals surface area contributed by atoms with Gasteiger partial charge < -0.3 is 15.0 Å². The smallest absolute Gasteiger partial charge is 0.652 e. The quantitative estimate of drug-likeness (QED) is 0.354. The van der Waals surface area contributed by atoms with Crippen LogP contribution in [0, 0.1) is 0 Å². The zero-order valence-corrected chi connectivity index (χ0v) is 5.25. The molecule has 12 heavy (non-hydrogen) atoms. The summed E-state index contributed by atoms with van der Waals surface area (Å²) in [7, 11) is 0.